The first-order valence-electron chi connectivity index (χ1n) is 7.15. The molecule has 1 aliphatic heterocycles. The standard InChI is InChI=1S/C15H17N3O2S2/c1-9-10(2)22-15(16-9)17-13(19)11-5-3-7-18(11)14(20)12-6-4-8-21-12/h4,6,8,11H,3,5,7H2,1-2H3,(H,16,17,19)/t11-/m0/s1. The highest BCUT2D eigenvalue weighted by atomic mass is 32.1. The molecule has 0 aliphatic carbocycles. The summed E-state index contributed by atoms with van der Waals surface area (Å²) in [5, 5.41) is 5.34. The van der Waals surface area contributed by atoms with Crippen LogP contribution in [-0.2, 0) is 4.79 Å². The Morgan fingerprint density at radius 2 is 2.23 bits per heavy atom. The molecule has 5 nitrogen and oxygen atoms in total. The Morgan fingerprint density at radius 3 is 2.86 bits per heavy atom. The van der Waals surface area contributed by atoms with Gasteiger partial charge in [0.15, 0.2) is 5.13 Å². The van der Waals surface area contributed by atoms with Crippen molar-refractivity contribution in [2.45, 2.75) is 32.7 Å². The highest BCUT2D eigenvalue weighted by molar-refractivity contribution is 7.15. The van der Waals surface area contributed by atoms with Crippen molar-refractivity contribution < 1.29 is 9.59 Å². The molecule has 3 heterocycles. The number of carbonyl (C=O) groups is 2. The number of rotatable bonds is 3. The number of likely N-dealkylation sites (tertiary alicyclic amines) is 1. The van der Waals surface area contributed by atoms with Gasteiger partial charge in [0, 0.05) is 11.4 Å². The van der Waals surface area contributed by atoms with Crippen molar-refractivity contribution in [1.82, 2.24) is 9.88 Å². The number of hydrogen-bond donors (Lipinski definition) is 1. The molecule has 22 heavy (non-hydrogen) atoms. The highest BCUT2D eigenvalue weighted by Gasteiger charge is 2.35. The van der Waals surface area contributed by atoms with Crippen LogP contribution in [0.2, 0.25) is 0 Å². The zero-order valence-corrected chi connectivity index (χ0v) is 14.1. The molecule has 2 aromatic rings. The lowest BCUT2D eigenvalue weighted by Crippen LogP contribution is -2.42. The zero-order chi connectivity index (χ0) is 15.7. The molecule has 7 heteroatoms. The maximum absolute atomic E-state index is 12.5. The van der Waals surface area contributed by atoms with Gasteiger partial charge in [-0.15, -0.1) is 22.7 Å². The summed E-state index contributed by atoms with van der Waals surface area (Å²) < 4.78 is 0. The van der Waals surface area contributed by atoms with E-state index in [2.05, 4.69) is 10.3 Å². The SMILES string of the molecule is Cc1nc(NC(=O)[C@@H]2CCCN2C(=O)c2cccs2)sc1C. The Labute approximate surface area is 137 Å². The average Bonchev–Trinajstić information content (AvgIpc) is 3.20. The number of anilines is 1. The second kappa shape index (κ2) is 6.18. The normalized spacial score (nSPS) is 17.7. The number of amides is 2. The third-order valence-electron chi connectivity index (χ3n) is 3.81. The number of thiazole rings is 1. The molecular formula is C15H17N3O2S2. The molecule has 1 atom stereocenters. The number of aryl methyl sites for hydroxylation is 2. The first-order valence-corrected chi connectivity index (χ1v) is 8.85. The number of aromatic nitrogens is 1. The van der Waals surface area contributed by atoms with Gasteiger partial charge in [0.1, 0.15) is 6.04 Å². The minimum absolute atomic E-state index is 0.0563. The largest absolute Gasteiger partial charge is 0.326 e. The number of thiophene rings is 1. The lowest BCUT2D eigenvalue weighted by atomic mass is 10.2. The van der Waals surface area contributed by atoms with Crippen LogP contribution in [0.5, 0.6) is 0 Å². The van der Waals surface area contributed by atoms with E-state index < -0.39 is 6.04 Å². The summed E-state index contributed by atoms with van der Waals surface area (Å²) >= 11 is 2.87. The van der Waals surface area contributed by atoms with Crippen LogP contribution in [0, 0.1) is 13.8 Å². The van der Waals surface area contributed by atoms with Gasteiger partial charge in [0.25, 0.3) is 5.91 Å². The lowest BCUT2D eigenvalue weighted by molar-refractivity contribution is -0.119. The van der Waals surface area contributed by atoms with E-state index in [4.69, 9.17) is 0 Å². The molecule has 1 fully saturated rings. The third-order valence-corrected chi connectivity index (χ3v) is 5.65. The summed E-state index contributed by atoms with van der Waals surface area (Å²) in [5.41, 5.74) is 0.929. The predicted octanol–water partition coefficient (Wildman–Crippen LogP) is 3.06. The van der Waals surface area contributed by atoms with Crippen LogP contribution in [0.15, 0.2) is 17.5 Å². The van der Waals surface area contributed by atoms with Crippen molar-refractivity contribution in [2.75, 3.05) is 11.9 Å². The maximum Gasteiger partial charge on any atom is 0.264 e. The first kappa shape index (κ1) is 15.2. The highest BCUT2D eigenvalue weighted by Crippen LogP contribution is 2.25. The van der Waals surface area contributed by atoms with Gasteiger partial charge < -0.3 is 10.2 Å². The first-order chi connectivity index (χ1) is 10.6. The Hall–Kier alpha value is -1.73. The van der Waals surface area contributed by atoms with E-state index >= 15 is 0 Å². The van der Waals surface area contributed by atoms with Crippen molar-refractivity contribution in [3.63, 3.8) is 0 Å². The molecule has 116 valence electrons. The fourth-order valence-electron chi connectivity index (χ4n) is 2.54. The fraction of sp³-hybridized carbons (Fsp3) is 0.400. The predicted molar refractivity (Wildman–Crippen MR) is 88.6 cm³/mol. The zero-order valence-electron chi connectivity index (χ0n) is 12.5. The molecule has 2 amide bonds. The number of nitrogens with zero attached hydrogens (tertiary/aromatic N) is 2. The van der Waals surface area contributed by atoms with Crippen LogP contribution < -0.4 is 5.32 Å². The Bertz CT molecular complexity index is 674. The van der Waals surface area contributed by atoms with Gasteiger partial charge in [0.05, 0.1) is 10.6 Å². The summed E-state index contributed by atoms with van der Waals surface area (Å²) in [4.78, 5) is 32.7. The molecule has 0 unspecified atom stereocenters. The monoisotopic (exact) mass is 335 g/mol. The van der Waals surface area contributed by atoms with E-state index in [1.165, 1.54) is 22.7 Å². The van der Waals surface area contributed by atoms with Crippen molar-refractivity contribution in [3.05, 3.63) is 33.0 Å². The molecule has 1 aliphatic rings. The Morgan fingerprint density at radius 1 is 1.41 bits per heavy atom. The second-order valence-electron chi connectivity index (χ2n) is 5.28. The molecule has 0 aromatic carbocycles. The molecule has 0 bridgehead atoms. The van der Waals surface area contributed by atoms with Gasteiger partial charge in [-0.25, -0.2) is 4.98 Å². The number of carbonyl (C=O) groups excluding carboxylic acids is 2. The van der Waals surface area contributed by atoms with E-state index in [9.17, 15) is 9.59 Å². The van der Waals surface area contributed by atoms with E-state index in [0.717, 1.165) is 17.0 Å². The van der Waals surface area contributed by atoms with Crippen molar-refractivity contribution in [2.24, 2.45) is 0 Å². The van der Waals surface area contributed by atoms with Gasteiger partial charge in [-0.2, -0.15) is 0 Å². The smallest absolute Gasteiger partial charge is 0.264 e. The van der Waals surface area contributed by atoms with E-state index in [0.29, 0.717) is 23.0 Å². The van der Waals surface area contributed by atoms with Gasteiger partial charge >= 0.3 is 0 Å². The number of nitrogens with one attached hydrogen (secondary N) is 1. The minimum Gasteiger partial charge on any atom is -0.326 e. The average molecular weight is 335 g/mol. The molecule has 1 N–H and O–H groups in total. The molecule has 0 saturated carbocycles. The molecule has 1 saturated heterocycles. The van der Waals surface area contributed by atoms with Gasteiger partial charge in [-0.05, 0) is 38.1 Å². The minimum atomic E-state index is -0.404. The topological polar surface area (TPSA) is 62.3 Å². The maximum atomic E-state index is 12.5. The van der Waals surface area contributed by atoms with E-state index in [1.54, 1.807) is 11.0 Å². The summed E-state index contributed by atoms with van der Waals surface area (Å²) in [6.07, 6.45) is 1.55. The van der Waals surface area contributed by atoms with E-state index in [1.807, 2.05) is 25.3 Å². The van der Waals surface area contributed by atoms with Crippen LogP contribution in [0.1, 0.15) is 33.1 Å². The quantitative estimate of drug-likeness (QED) is 0.937. The van der Waals surface area contributed by atoms with Crippen molar-refractivity contribution in [1.29, 1.82) is 0 Å². The fourth-order valence-corrected chi connectivity index (χ4v) is 4.04. The van der Waals surface area contributed by atoms with Crippen molar-refractivity contribution in [3.8, 4) is 0 Å². The molecule has 2 aromatic heterocycles. The molecule has 3 rings (SSSR count). The summed E-state index contributed by atoms with van der Waals surface area (Å²) in [6, 6.07) is 3.25. The second-order valence-corrected chi connectivity index (χ2v) is 7.43. The molecular weight excluding hydrogens is 318 g/mol. The summed E-state index contributed by atoms with van der Waals surface area (Å²) in [5.74, 6) is -0.199. The van der Waals surface area contributed by atoms with E-state index in [-0.39, 0.29) is 11.8 Å². The molecule has 0 radical (unpaired) electrons. The Kier molecular flexibility index (Phi) is 4.26. The molecule has 0 spiro atoms. The van der Waals surface area contributed by atoms with Crippen LogP contribution in [0.25, 0.3) is 0 Å². The van der Waals surface area contributed by atoms with Gasteiger partial charge in [-0.3, -0.25) is 9.59 Å². The Balaban J connectivity index is 1.72. The number of hydrogen-bond acceptors (Lipinski definition) is 5. The van der Waals surface area contributed by atoms with Crippen LogP contribution in [0.3, 0.4) is 0 Å². The summed E-state index contributed by atoms with van der Waals surface area (Å²) in [6.45, 7) is 4.53. The van der Waals surface area contributed by atoms with Crippen LogP contribution in [0.4, 0.5) is 5.13 Å². The van der Waals surface area contributed by atoms with Crippen LogP contribution >= 0.6 is 22.7 Å². The third kappa shape index (κ3) is 2.91. The van der Waals surface area contributed by atoms with Crippen LogP contribution in [-0.4, -0.2) is 34.3 Å². The van der Waals surface area contributed by atoms with Crippen molar-refractivity contribution >= 4 is 39.6 Å². The summed E-state index contributed by atoms with van der Waals surface area (Å²) in [7, 11) is 0. The lowest BCUT2D eigenvalue weighted by Gasteiger charge is -2.22. The van der Waals surface area contributed by atoms with Gasteiger partial charge in [-0.1, -0.05) is 6.07 Å². The van der Waals surface area contributed by atoms with Gasteiger partial charge in [0.2, 0.25) is 5.91 Å².